The molecule has 0 bridgehead atoms. The lowest BCUT2D eigenvalue weighted by atomic mass is 9.92. The second kappa shape index (κ2) is 6.44. The Bertz CT molecular complexity index is 482. The Morgan fingerprint density at radius 1 is 1.10 bits per heavy atom. The van der Waals surface area contributed by atoms with Gasteiger partial charge >= 0.3 is 0 Å². The molecule has 0 saturated carbocycles. The van der Waals surface area contributed by atoms with E-state index in [4.69, 9.17) is 9.47 Å². The average molecular weight is 281 g/mol. The number of ether oxygens (including phenoxy) is 2. The molecule has 20 heavy (non-hydrogen) atoms. The highest BCUT2D eigenvalue weighted by Gasteiger charge is 2.24. The molecule has 1 N–H and O–H groups in total. The van der Waals surface area contributed by atoms with Crippen molar-refractivity contribution < 1.29 is 13.9 Å². The van der Waals surface area contributed by atoms with Gasteiger partial charge in [0.15, 0.2) is 11.6 Å². The summed E-state index contributed by atoms with van der Waals surface area (Å²) in [4.78, 5) is 0. The van der Waals surface area contributed by atoms with Crippen LogP contribution in [-0.4, -0.2) is 26.8 Å². The minimum absolute atomic E-state index is 0.317. The largest absolute Gasteiger partial charge is 0.496 e. The van der Waals surface area contributed by atoms with Gasteiger partial charge in [-0.25, -0.2) is 4.39 Å². The molecule has 3 nitrogen and oxygen atoms in total. The van der Waals surface area contributed by atoms with Crippen LogP contribution in [0.2, 0.25) is 0 Å². The van der Waals surface area contributed by atoms with Gasteiger partial charge in [0.05, 0.1) is 14.2 Å². The van der Waals surface area contributed by atoms with E-state index in [9.17, 15) is 4.39 Å². The number of hydrogen-bond donors (Lipinski definition) is 1. The van der Waals surface area contributed by atoms with Crippen LogP contribution < -0.4 is 14.8 Å². The molecule has 1 saturated heterocycles. The lowest BCUT2D eigenvalue weighted by Crippen LogP contribution is -2.36. The third-order valence-corrected chi connectivity index (χ3v) is 4.21. The summed E-state index contributed by atoms with van der Waals surface area (Å²) in [6.45, 7) is 4.71. The quantitative estimate of drug-likeness (QED) is 0.919. The molecule has 1 aromatic rings. The van der Waals surface area contributed by atoms with E-state index in [-0.39, 0.29) is 5.82 Å². The van der Waals surface area contributed by atoms with Crippen molar-refractivity contribution in [3.63, 3.8) is 0 Å². The summed E-state index contributed by atoms with van der Waals surface area (Å²) < 4.78 is 24.9. The van der Waals surface area contributed by atoms with Gasteiger partial charge in [0, 0.05) is 22.7 Å². The second-order valence-corrected chi connectivity index (χ2v) is 5.46. The summed E-state index contributed by atoms with van der Waals surface area (Å²) in [5, 5.41) is 3.53. The van der Waals surface area contributed by atoms with Gasteiger partial charge in [-0.1, -0.05) is 6.42 Å². The fraction of sp³-hybridized carbons (Fsp3) is 0.625. The summed E-state index contributed by atoms with van der Waals surface area (Å²) in [6.07, 6.45) is 4.49. The summed E-state index contributed by atoms with van der Waals surface area (Å²) in [5.74, 6) is 0.685. The van der Waals surface area contributed by atoms with Gasteiger partial charge in [-0.2, -0.15) is 0 Å². The molecule has 1 aliphatic rings. The highest BCUT2D eigenvalue weighted by Crippen LogP contribution is 2.37. The van der Waals surface area contributed by atoms with E-state index in [1.54, 1.807) is 14.0 Å². The number of nitrogens with one attached hydrogen (secondary N) is 1. The molecule has 2 rings (SSSR count). The van der Waals surface area contributed by atoms with Crippen molar-refractivity contribution in [1.29, 1.82) is 0 Å². The van der Waals surface area contributed by atoms with Crippen LogP contribution in [0.25, 0.3) is 0 Å². The molecule has 0 aromatic heterocycles. The lowest BCUT2D eigenvalue weighted by Gasteiger charge is -2.26. The smallest absolute Gasteiger partial charge is 0.171 e. The average Bonchev–Trinajstić information content (AvgIpc) is 2.47. The minimum Gasteiger partial charge on any atom is -0.496 e. The van der Waals surface area contributed by atoms with E-state index in [2.05, 4.69) is 5.32 Å². The highest BCUT2D eigenvalue weighted by molar-refractivity contribution is 5.54. The van der Waals surface area contributed by atoms with Gasteiger partial charge in [0.25, 0.3) is 0 Å². The van der Waals surface area contributed by atoms with Crippen LogP contribution in [-0.2, 0) is 6.42 Å². The van der Waals surface area contributed by atoms with Crippen LogP contribution >= 0.6 is 0 Å². The molecule has 0 amide bonds. The topological polar surface area (TPSA) is 30.5 Å². The monoisotopic (exact) mass is 281 g/mol. The molecule has 1 fully saturated rings. The maximum atomic E-state index is 14.2. The van der Waals surface area contributed by atoms with E-state index >= 15 is 0 Å². The Labute approximate surface area is 120 Å². The minimum atomic E-state index is -0.317. The zero-order chi connectivity index (χ0) is 14.7. The maximum absolute atomic E-state index is 14.2. The predicted octanol–water partition coefficient (Wildman–Crippen LogP) is 3.14. The van der Waals surface area contributed by atoms with E-state index in [0.717, 1.165) is 30.5 Å². The molecule has 1 aromatic carbocycles. The van der Waals surface area contributed by atoms with E-state index in [1.807, 2.05) is 6.92 Å². The summed E-state index contributed by atoms with van der Waals surface area (Å²) >= 11 is 0. The molecular formula is C16H24FNO2. The first-order chi connectivity index (χ1) is 9.60. The summed E-state index contributed by atoms with van der Waals surface area (Å²) in [5.41, 5.74) is 2.43. The SMILES string of the molecule is COc1c(C)c(CC2CCCCN2)c(OC)c(C)c1F. The van der Waals surface area contributed by atoms with Gasteiger partial charge < -0.3 is 14.8 Å². The van der Waals surface area contributed by atoms with Crippen molar-refractivity contribution in [3.05, 3.63) is 22.5 Å². The molecule has 0 radical (unpaired) electrons. The van der Waals surface area contributed by atoms with Crippen LogP contribution in [0.3, 0.4) is 0 Å². The molecular weight excluding hydrogens is 257 g/mol. The van der Waals surface area contributed by atoms with Gasteiger partial charge in [-0.05, 0) is 39.7 Å². The van der Waals surface area contributed by atoms with Crippen molar-refractivity contribution in [2.24, 2.45) is 0 Å². The molecule has 1 aliphatic heterocycles. The van der Waals surface area contributed by atoms with E-state index in [0.29, 0.717) is 23.1 Å². The summed E-state index contributed by atoms with van der Waals surface area (Å²) in [6, 6.07) is 0.436. The Kier molecular flexibility index (Phi) is 4.86. The van der Waals surface area contributed by atoms with Crippen LogP contribution in [0.1, 0.15) is 36.0 Å². The highest BCUT2D eigenvalue weighted by atomic mass is 19.1. The number of hydrogen-bond acceptors (Lipinski definition) is 3. The molecule has 0 aliphatic carbocycles. The van der Waals surface area contributed by atoms with Gasteiger partial charge in [-0.3, -0.25) is 0 Å². The van der Waals surface area contributed by atoms with Crippen LogP contribution in [0.15, 0.2) is 0 Å². The van der Waals surface area contributed by atoms with Crippen LogP contribution in [0, 0.1) is 19.7 Å². The fourth-order valence-corrected chi connectivity index (χ4v) is 3.08. The molecule has 1 unspecified atom stereocenters. The number of rotatable bonds is 4. The van der Waals surface area contributed by atoms with Gasteiger partial charge in [0.1, 0.15) is 5.75 Å². The number of halogens is 1. The third-order valence-electron chi connectivity index (χ3n) is 4.21. The Morgan fingerprint density at radius 2 is 1.80 bits per heavy atom. The normalized spacial score (nSPS) is 18.9. The molecule has 1 atom stereocenters. The third kappa shape index (κ3) is 2.75. The zero-order valence-electron chi connectivity index (χ0n) is 12.8. The van der Waals surface area contributed by atoms with Crippen molar-refractivity contribution in [2.75, 3.05) is 20.8 Å². The standard InChI is InChI=1S/C16H24FNO2/c1-10-13(9-12-7-5-6-8-18-12)15(19-3)11(2)14(17)16(10)20-4/h12,18H,5-9H2,1-4H3. The van der Waals surface area contributed by atoms with Gasteiger partial charge in [0.2, 0.25) is 0 Å². The van der Waals surface area contributed by atoms with E-state index < -0.39 is 0 Å². The molecule has 1 heterocycles. The van der Waals surface area contributed by atoms with E-state index in [1.165, 1.54) is 20.0 Å². The first-order valence-corrected chi connectivity index (χ1v) is 7.23. The first kappa shape index (κ1) is 15.1. The number of methoxy groups -OCH3 is 2. The molecule has 0 spiro atoms. The van der Waals surface area contributed by atoms with Crippen molar-refractivity contribution >= 4 is 0 Å². The van der Waals surface area contributed by atoms with Crippen molar-refractivity contribution in [3.8, 4) is 11.5 Å². The zero-order valence-corrected chi connectivity index (χ0v) is 12.8. The number of benzene rings is 1. The number of piperidine rings is 1. The van der Waals surface area contributed by atoms with Crippen LogP contribution in [0.4, 0.5) is 4.39 Å². The summed E-state index contributed by atoms with van der Waals surface area (Å²) in [7, 11) is 3.12. The van der Waals surface area contributed by atoms with Crippen LogP contribution in [0.5, 0.6) is 11.5 Å². The maximum Gasteiger partial charge on any atom is 0.171 e. The first-order valence-electron chi connectivity index (χ1n) is 7.23. The van der Waals surface area contributed by atoms with Crippen molar-refractivity contribution in [2.45, 2.75) is 45.6 Å². The predicted molar refractivity (Wildman–Crippen MR) is 78.3 cm³/mol. The molecule has 4 heteroatoms. The Morgan fingerprint density at radius 3 is 2.35 bits per heavy atom. The fourth-order valence-electron chi connectivity index (χ4n) is 3.08. The van der Waals surface area contributed by atoms with Crippen molar-refractivity contribution in [1.82, 2.24) is 5.32 Å². The Hall–Kier alpha value is -1.29. The van der Waals surface area contributed by atoms with Gasteiger partial charge in [-0.15, -0.1) is 0 Å². The Balaban J connectivity index is 2.41. The second-order valence-electron chi connectivity index (χ2n) is 5.46. The molecule has 112 valence electrons. The lowest BCUT2D eigenvalue weighted by molar-refractivity contribution is 0.358.